The van der Waals surface area contributed by atoms with Crippen LogP contribution in [-0.4, -0.2) is 44.3 Å². The lowest BCUT2D eigenvalue weighted by Crippen LogP contribution is -2.46. The number of carbonyl (C=O) groups excluding carboxylic acids is 1. The number of nitrogens with zero attached hydrogens (tertiary/aromatic N) is 1. The first-order chi connectivity index (χ1) is 16.1. The average molecular weight is 484 g/mol. The maximum atomic E-state index is 13.3. The molecular formula is C27H33NO5S. The Balaban J connectivity index is 1.42. The van der Waals surface area contributed by atoms with Crippen molar-refractivity contribution in [2.45, 2.75) is 49.8 Å². The number of benzene rings is 2. The summed E-state index contributed by atoms with van der Waals surface area (Å²) in [5.74, 6) is 2.07. The summed E-state index contributed by atoms with van der Waals surface area (Å²) in [6.45, 7) is 2.45. The number of rotatable bonds is 5. The van der Waals surface area contributed by atoms with E-state index >= 15 is 0 Å². The Kier molecular flexibility index (Phi) is 5.76. The van der Waals surface area contributed by atoms with Gasteiger partial charge in [0.1, 0.15) is 17.3 Å². The second kappa shape index (κ2) is 8.38. The molecule has 3 aliphatic carbocycles. The van der Waals surface area contributed by atoms with Gasteiger partial charge in [-0.1, -0.05) is 13.0 Å². The molecule has 0 unspecified atom stereocenters. The second-order valence-electron chi connectivity index (χ2n) is 10.5. The van der Waals surface area contributed by atoms with Crippen LogP contribution in [0.3, 0.4) is 0 Å². The number of phenols is 1. The lowest BCUT2D eigenvalue weighted by atomic mass is 9.54. The van der Waals surface area contributed by atoms with Crippen LogP contribution in [0.15, 0.2) is 47.4 Å². The maximum absolute atomic E-state index is 13.3. The van der Waals surface area contributed by atoms with Crippen molar-refractivity contribution in [3.8, 4) is 11.5 Å². The summed E-state index contributed by atoms with van der Waals surface area (Å²) in [7, 11) is -0.497. The number of ketones is 1. The van der Waals surface area contributed by atoms with E-state index in [1.54, 1.807) is 44.5 Å². The van der Waals surface area contributed by atoms with Crippen molar-refractivity contribution in [2.24, 2.45) is 23.2 Å². The lowest BCUT2D eigenvalue weighted by Gasteiger charge is -2.50. The molecule has 2 aromatic rings. The SMILES string of the molecule is COc1ccc(S(=O)(=O)N(C)C[C@H]2CC(=O)[C@@]3(C)CC[C@@H]4c5ccc(O)cc5CC[C@H]4[C@H]23)cc1. The number of hydrogen-bond acceptors (Lipinski definition) is 5. The topological polar surface area (TPSA) is 83.9 Å². The van der Waals surface area contributed by atoms with Crippen molar-refractivity contribution < 1.29 is 23.1 Å². The van der Waals surface area contributed by atoms with E-state index in [-0.39, 0.29) is 27.9 Å². The summed E-state index contributed by atoms with van der Waals surface area (Å²) in [4.78, 5) is 13.5. The molecule has 0 amide bonds. The summed E-state index contributed by atoms with van der Waals surface area (Å²) in [6.07, 6.45) is 4.10. The van der Waals surface area contributed by atoms with Gasteiger partial charge in [0.15, 0.2) is 0 Å². The van der Waals surface area contributed by atoms with E-state index in [1.165, 1.54) is 15.4 Å². The van der Waals surface area contributed by atoms with Gasteiger partial charge in [0.05, 0.1) is 12.0 Å². The van der Waals surface area contributed by atoms with E-state index in [1.807, 2.05) is 6.07 Å². The number of fused-ring (bicyclic) bond motifs is 5. The summed E-state index contributed by atoms with van der Waals surface area (Å²) in [5.41, 5.74) is 2.13. The number of methoxy groups -OCH3 is 1. The molecule has 34 heavy (non-hydrogen) atoms. The number of phenolic OH excluding ortho intramolecular Hbond substituents is 1. The van der Waals surface area contributed by atoms with Crippen molar-refractivity contribution >= 4 is 15.8 Å². The fourth-order valence-electron chi connectivity index (χ4n) is 7.15. The third kappa shape index (κ3) is 3.64. The molecule has 3 aliphatic rings. The zero-order valence-corrected chi connectivity index (χ0v) is 20.8. The van der Waals surface area contributed by atoms with E-state index < -0.39 is 10.0 Å². The summed E-state index contributed by atoms with van der Waals surface area (Å²) in [6, 6.07) is 12.1. The molecule has 0 aromatic heterocycles. The minimum Gasteiger partial charge on any atom is -0.508 e. The quantitative estimate of drug-likeness (QED) is 0.683. The maximum Gasteiger partial charge on any atom is 0.242 e. The van der Waals surface area contributed by atoms with Crippen LogP contribution in [0.5, 0.6) is 11.5 Å². The molecule has 6 nitrogen and oxygen atoms in total. The molecule has 0 heterocycles. The second-order valence-corrected chi connectivity index (χ2v) is 12.6. The molecular weight excluding hydrogens is 450 g/mol. The Morgan fingerprint density at radius 1 is 1.15 bits per heavy atom. The molecule has 2 fully saturated rings. The van der Waals surface area contributed by atoms with Gasteiger partial charge < -0.3 is 9.84 Å². The van der Waals surface area contributed by atoms with Gasteiger partial charge in [-0.2, -0.15) is 0 Å². The zero-order valence-electron chi connectivity index (χ0n) is 20.0. The predicted molar refractivity (Wildman–Crippen MR) is 129 cm³/mol. The molecule has 0 spiro atoms. The fraction of sp³-hybridized carbons (Fsp3) is 0.519. The Bertz CT molecular complexity index is 1210. The van der Waals surface area contributed by atoms with Crippen molar-refractivity contribution in [1.29, 1.82) is 0 Å². The zero-order chi connectivity index (χ0) is 24.3. The van der Waals surface area contributed by atoms with Gasteiger partial charge in [-0.25, -0.2) is 12.7 Å². The van der Waals surface area contributed by atoms with Gasteiger partial charge in [-0.15, -0.1) is 0 Å². The first kappa shape index (κ1) is 23.4. The van der Waals surface area contributed by atoms with Crippen molar-refractivity contribution in [3.63, 3.8) is 0 Å². The first-order valence-electron chi connectivity index (χ1n) is 12.1. The molecule has 7 heteroatoms. The molecule has 0 aliphatic heterocycles. The molecule has 5 atom stereocenters. The van der Waals surface area contributed by atoms with Gasteiger partial charge in [0.2, 0.25) is 10.0 Å². The van der Waals surface area contributed by atoms with Gasteiger partial charge in [-0.05, 0) is 96.9 Å². The molecule has 2 aromatic carbocycles. The molecule has 0 saturated heterocycles. The number of aryl methyl sites for hydroxylation is 1. The predicted octanol–water partition coefficient (Wildman–Crippen LogP) is 4.37. The molecule has 2 saturated carbocycles. The number of sulfonamides is 1. The molecule has 0 bridgehead atoms. The summed E-state index contributed by atoms with van der Waals surface area (Å²) < 4.78 is 33.2. The highest BCUT2D eigenvalue weighted by Crippen LogP contribution is 2.61. The number of carbonyl (C=O) groups is 1. The standard InChI is InChI=1S/C27H33NO5S/c1-27-13-12-23-22-11-5-19(29)14-17(22)4-10-24(23)26(27)18(15-25(27)30)16-28(2)34(31,32)21-8-6-20(33-3)7-9-21/h5-9,11,14,18,23-24,26,29H,4,10,12-13,15-16H2,1-3H3/t18-,23-,24-,26+,27-/m1/s1. The molecule has 5 rings (SSSR count). The van der Waals surface area contributed by atoms with Gasteiger partial charge in [-0.3, -0.25) is 4.79 Å². The minimum absolute atomic E-state index is 0.00184. The highest BCUT2D eigenvalue weighted by atomic mass is 32.2. The largest absolute Gasteiger partial charge is 0.508 e. The highest BCUT2D eigenvalue weighted by Gasteiger charge is 2.58. The summed E-state index contributed by atoms with van der Waals surface area (Å²) in [5, 5.41) is 9.94. The number of Topliss-reactive ketones (excluding diaryl/α,β-unsaturated/α-hetero) is 1. The van der Waals surface area contributed by atoms with Crippen LogP contribution in [-0.2, 0) is 21.2 Å². The van der Waals surface area contributed by atoms with Crippen LogP contribution in [0, 0.1) is 23.2 Å². The monoisotopic (exact) mass is 483 g/mol. The van der Waals surface area contributed by atoms with Gasteiger partial charge in [0, 0.05) is 25.4 Å². The normalized spacial score (nSPS) is 30.5. The van der Waals surface area contributed by atoms with E-state index in [0.717, 1.165) is 25.7 Å². The van der Waals surface area contributed by atoms with Crippen LogP contribution in [0.1, 0.15) is 49.7 Å². The highest BCUT2D eigenvalue weighted by molar-refractivity contribution is 7.89. The van der Waals surface area contributed by atoms with Crippen molar-refractivity contribution in [1.82, 2.24) is 4.31 Å². The molecule has 182 valence electrons. The van der Waals surface area contributed by atoms with Gasteiger partial charge in [0.25, 0.3) is 0 Å². The molecule has 1 N–H and O–H groups in total. The average Bonchev–Trinajstić information content (AvgIpc) is 3.08. The smallest absolute Gasteiger partial charge is 0.242 e. The van der Waals surface area contributed by atoms with E-state index in [9.17, 15) is 18.3 Å². The van der Waals surface area contributed by atoms with Crippen LogP contribution in [0.4, 0.5) is 0 Å². The van der Waals surface area contributed by atoms with Crippen LogP contribution >= 0.6 is 0 Å². The van der Waals surface area contributed by atoms with Crippen molar-refractivity contribution in [3.05, 3.63) is 53.6 Å². The fourth-order valence-corrected chi connectivity index (χ4v) is 8.37. The summed E-state index contributed by atoms with van der Waals surface area (Å²) >= 11 is 0. The van der Waals surface area contributed by atoms with Gasteiger partial charge >= 0.3 is 0 Å². The third-order valence-electron chi connectivity index (χ3n) is 8.81. The van der Waals surface area contributed by atoms with E-state index in [4.69, 9.17) is 4.74 Å². The van der Waals surface area contributed by atoms with Crippen LogP contribution in [0.2, 0.25) is 0 Å². The number of hydrogen-bond donors (Lipinski definition) is 1. The van der Waals surface area contributed by atoms with Crippen LogP contribution < -0.4 is 4.74 Å². The minimum atomic E-state index is -3.67. The Morgan fingerprint density at radius 2 is 1.88 bits per heavy atom. The molecule has 0 radical (unpaired) electrons. The van der Waals surface area contributed by atoms with Crippen LogP contribution in [0.25, 0.3) is 0 Å². The van der Waals surface area contributed by atoms with Crippen molar-refractivity contribution in [2.75, 3.05) is 20.7 Å². The van der Waals surface area contributed by atoms with E-state index in [2.05, 4.69) is 13.0 Å². The first-order valence-corrected chi connectivity index (χ1v) is 13.5. The third-order valence-corrected chi connectivity index (χ3v) is 10.7. The van der Waals surface area contributed by atoms with E-state index in [0.29, 0.717) is 36.3 Å². The Morgan fingerprint density at radius 3 is 2.59 bits per heavy atom. The Labute approximate surface area is 202 Å². The number of aromatic hydroxyl groups is 1. The lowest BCUT2D eigenvalue weighted by molar-refractivity contribution is -0.129. The number of ether oxygens (including phenoxy) is 1. The Hall–Kier alpha value is -2.38.